The summed E-state index contributed by atoms with van der Waals surface area (Å²) >= 11 is 0. The minimum atomic E-state index is 1.24. The Morgan fingerprint density at radius 3 is 1.21 bits per heavy atom. The highest BCUT2D eigenvalue weighted by Gasteiger charge is 2.29. The smallest absolute Gasteiger partial charge is 0.104 e. The first kappa shape index (κ1) is 17.9. The van der Waals surface area contributed by atoms with Crippen LogP contribution in [0, 0.1) is 0 Å². The number of likely N-dealkylation sites (tertiary alicyclic amines) is 2. The second kappa shape index (κ2) is 8.01. The average molecular weight is 331 g/mol. The van der Waals surface area contributed by atoms with E-state index < -0.39 is 0 Å². The van der Waals surface area contributed by atoms with E-state index in [4.69, 9.17) is 0 Å². The third-order valence-corrected chi connectivity index (χ3v) is 6.93. The van der Waals surface area contributed by atoms with Gasteiger partial charge < -0.3 is 8.97 Å². The molecule has 0 aliphatic carbocycles. The van der Waals surface area contributed by atoms with E-state index in [1.54, 1.807) is 11.1 Å². The molecule has 2 heterocycles. The first-order valence-corrected chi connectivity index (χ1v) is 10.5. The fourth-order valence-corrected chi connectivity index (χ4v) is 5.06. The lowest BCUT2D eigenvalue weighted by Gasteiger charge is -2.41. The summed E-state index contributed by atoms with van der Waals surface area (Å²) in [5.41, 5.74) is 3.09. The Kier molecular flexibility index (Phi) is 5.99. The summed E-state index contributed by atoms with van der Waals surface area (Å²) < 4.78 is 2.63. The first-order valence-electron chi connectivity index (χ1n) is 10.5. The van der Waals surface area contributed by atoms with E-state index in [0.717, 1.165) is 0 Å². The molecule has 2 nitrogen and oxygen atoms in total. The second-order valence-electron chi connectivity index (χ2n) is 8.46. The molecule has 3 rings (SSSR count). The van der Waals surface area contributed by atoms with Crippen molar-refractivity contribution in [1.82, 2.24) is 0 Å². The Labute approximate surface area is 149 Å². The van der Waals surface area contributed by atoms with Gasteiger partial charge in [-0.1, -0.05) is 24.3 Å². The Hall–Kier alpha value is -0.860. The van der Waals surface area contributed by atoms with E-state index in [1.165, 1.54) is 99.8 Å². The topological polar surface area (TPSA) is 0 Å². The van der Waals surface area contributed by atoms with Crippen LogP contribution in [0.25, 0.3) is 0 Å². The van der Waals surface area contributed by atoms with Gasteiger partial charge in [-0.2, -0.15) is 0 Å². The number of rotatable bonds is 6. The van der Waals surface area contributed by atoms with Gasteiger partial charge in [0.2, 0.25) is 0 Å². The standard InChI is InChI=1S/C22H38N2/c1-3-23(15-7-5-8-16-23)19-21-11-13-22(14-12-21)20-24(4-2)17-9-6-10-18-24/h11-14H,3-10,15-20H2,1-2H3/q+2. The number of quaternary nitrogens is 2. The summed E-state index contributed by atoms with van der Waals surface area (Å²) in [6.07, 6.45) is 8.56. The molecule has 134 valence electrons. The molecule has 0 radical (unpaired) electrons. The van der Waals surface area contributed by atoms with Gasteiger partial charge >= 0.3 is 0 Å². The third-order valence-electron chi connectivity index (χ3n) is 6.93. The summed E-state index contributed by atoms with van der Waals surface area (Å²) in [6.45, 7) is 15.4. The predicted molar refractivity (Wildman–Crippen MR) is 103 cm³/mol. The number of hydrogen-bond donors (Lipinski definition) is 0. The second-order valence-corrected chi connectivity index (χ2v) is 8.46. The predicted octanol–water partition coefficient (Wildman–Crippen LogP) is 4.73. The van der Waals surface area contributed by atoms with E-state index >= 15 is 0 Å². The highest BCUT2D eigenvalue weighted by atomic mass is 15.4. The summed E-state index contributed by atoms with van der Waals surface area (Å²) in [5, 5.41) is 0. The molecule has 0 N–H and O–H groups in total. The number of nitrogens with zero attached hydrogens (tertiary/aromatic N) is 2. The summed E-state index contributed by atoms with van der Waals surface area (Å²) in [6, 6.07) is 9.71. The van der Waals surface area contributed by atoms with Crippen molar-refractivity contribution in [3.8, 4) is 0 Å². The normalized spacial score (nSPS) is 23.1. The molecule has 1 aromatic carbocycles. The minimum absolute atomic E-state index is 1.24. The van der Waals surface area contributed by atoms with Gasteiger partial charge in [0, 0.05) is 11.1 Å². The van der Waals surface area contributed by atoms with Crippen LogP contribution in [0.1, 0.15) is 63.5 Å². The summed E-state index contributed by atoms with van der Waals surface area (Å²) in [5.74, 6) is 0. The highest BCUT2D eigenvalue weighted by Crippen LogP contribution is 2.25. The molecule has 1 aromatic rings. The van der Waals surface area contributed by atoms with Crippen LogP contribution in [0.2, 0.25) is 0 Å². The maximum absolute atomic E-state index is 2.43. The Morgan fingerprint density at radius 1 is 0.583 bits per heavy atom. The molecule has 2 saturated heterocycles. The minimum Gasteiger partial charge on any atom is -0.320 e. The summed E-state index contributed by atoms with van der Waals surface area (Å²) in [4.78, 5) is 0. The fourth-order valence-electron chi connectivity index (χ4n) is 5.06. The van der Waals surface area contributed by atoms with Gasteiger partial charge in [0.25, 0.3) is 0 Å². The van der Waals surface area contributed by atoms with Crippen LogP contribution in [0.5, 0.6) is 0 Å². The Bertz CT molecular complexity index is 446. The molecule has 2 aliphatic heterocycles. The molecular weight excluding hydrogens is 292 g/mol. The van der Waals surface area contributed by atoms with Crippen molar-refractivity contribution in [1.29, 1.82) is 0 Å². The Morgan fingerprint density at radius 2 is 0.917 bits per heavy atom. The van der Waals surface area contributed by atoms with Gasteiger partial charge in [-0.25, -0.2) is 0 Å². The van der Waals surface area contributed by atoms with Crippen LogP contribution >= 0.6 is 0 Å². The van der Waals surface area contributed by atoms with E-state index in [2.05, 4.69) is 38.1 Å². The van der Waals surface area contributed by atoms with Crippen molar-refractivity contribution in [3.05, 3.63) is 35.4 Å². The number of benzene rings is 1. The largest absolute Gasteiger partial charge is 0.320 e. The fraction of sp³-hybridized carbons (Fsp3) is 0.727. The van der Waals surface area contributed by atoms with Crippen molar-refractivity contribution in [2.24, 2.45) is 0 Å². The third kappa shape index (κ3) is 4.21. The zero-order valence-electron chi connectivity index (χ0n) is 16.1. The van der Waals surface area contributed by atoms with Crippen LogP contribution < -0.4 is 0 Å². The highest BCUT2D eigenvalue weighted by molar-refractivity contribution is 5.21. The van der Waals surface area contributed by atoms with Crippen molar-refractivity contribution in [2.75, 3.05) is 39.3 Å². The van der Waals surface area contributed by atoms with Gasteiger partial charge in [-0.05, 0) is 52.4 Å². The van der Waals surface area contributed by atoms with Gasteiger partial charge in [-0.15, -0.1) is 0 Å². The molecule has 24 heavy (non-hydrogen) atoms. The van der Waals surface area contributed by atoms with Crippen molar-refractivity contribution >= 4 is 0 Å². The number of piperidine rings is 2. The lowest BCUT2D eigenvalue weighted by Crippen LogP contribution is -2.50. The molecule has 2 aliphatic rings. The van der Waals surface area contributed by atoms with E-state index in [1.807, 2.05) is 0 Å². The molecule has 0 atom stereocenters. The zero-order valence-corrected chi connectivity index (χ0v) is 16.1. The van der Waals surface area contributed by atoms with Crippen LogP contribution in [0.3, 0.4) is 0 Å². The van der Waals surface area contributed by atoms with Crippen LogP contribution in [-0.4, -0.2) is 48.2 Å². The Balaban J connectivity index is 1.64. The first-order chi connectivity index (χ1) is 11.7. The molecule has 0 spiro atoms. The molecule has 2 fully saturated rings. The maximum atomic E-state index is 2.43. The molecule has 0 saturated carbocycles. The van der Waals surface area contributed by atoms with Gasteiger partial charge in [0.15, 0.2) is 0 Å². The van der Waals surface area contributed by atoms with Crippen LogP contribution in [-0.2, 0) is 13.1 Å². The van der Waals surface area contributed by atoms with E-state index in [0.29, 0.717) is 0 Å². The van der Waals surface area contributed by atoms with Crippen LogP contribution in [0.15, 0.2) is 24.3 Å². The van der Waals surface area contributed by atoms with Gasteiger partial charge in [0.05, 0.1) is 39.3 Å². The van der Waals surface area contributed by atoms with Gasteiger partial charge in [-0.3, -0.25) is 0 Å². The van der Waals surface area contributed by atoms with E-state index in [-0.39, 0.29) is 0 Å². The van der Waals surface area contributed by atoms with Crippen molar-refractivity contribution in [2.45, 2.75) is 65.5 Å². The lowest BCUT2D eigenvalue weighted by molar-refractivity contribution is -0.943. The number of hydrogen-bond acceptors (Lipinski definition) is 0. The molecule has 2 heteroatoms. The lowest BCUT2D eigenvalue weighted by atomic mass is 10.0. The zero-order chi connectivity index (χ0) is 16.9. The molecule has 0 bridgehead atoms. The van der Waals surface area contributed by atoms with Crippen molar-refractivity contribution in [3.63, 3.8) is 0 Å². The van der Waals surface area contributed by atoms with Gasteiger partial charge in [0.1, 0.15) is 13.1 Å². The average Bonchev–Trinajstić information content (AvgIpc) is 2.65. The molecule has 0 unspecified atom stereocenters. The SMILES string of the molecule is CC[N+]1(Cc2ccc(C[N+]3(CC)CCCCC3)cc2)CCCCC1. The summed E-state index contributed by atoms with van der Waals surface area (Å²) in [7, 11) is 0. The van der Waals surface area contributed by atoms with E-state index in [9.17, 15) is 0 Å². The molecular formula is C22H38N2+2. The maximum Gasteiger partial charge on any atom is 0.104 e. The molecule has 0 aromatic heterocycles. The van der Waals surface area contributed by atoms with Crippen molar-refractivity contribution < 1.29 is 8.97 Å². The molecule has 0 amide bonds. The quantitative estimate of drug-likeness (QED) is 0.662. The van der Waals surface area contributed by atoms with Crippen LogP contribution in [0.4, 0.5) is 0 Å². The monoisotopic (exact) mass is 330 g/mol.